The molecule has 0 radical (unpaired) electrons. The zero-order valence-electron chi connectivity index (χ0n) is 18.6. The first-order chi connectivity index (χ1) is 16.2. The minimum atomic E-state index is -0.346. The predicted molar refractivity (Wildman–Crippen MR) is 124 cm³/mol. The third kappa shape index (κ3) is 4.52. The first-order valence-corrected chi connectivity index (χ1v) is 11.3. The van der Waals surface area contributed by atoms with Gasteiger partial charge in [-0.2, -0.15) is 4.98 Å². The Morgan fingerprint density at radius 1 is 1.12 bits per heavy atom. The summed E-state index contributed by atoms with van der Waals surface area (Å²) in [7, 11) is 1.51. The van der Waals surface area contributed by atoms with E-state index >= 15 is 0 Å². The van der Waals surface area contributed by atoms with Gasteiger partial charge in [0.1, 0.15) is 13.2 Å². The van der Waals surface area contributed by atoms with Crippen molar-refractivity contribution in [2.24, 2.45) is 5.16 Å². The Balaban J connectivity index is 1.38. The van der Waals surface area contributed by atoms with E-state index in [-0.39, 0.29) is 18.0 Å². The fraction of sp³-hybridized carbons (Fsp3) is 0.360. The van der Waals surface area contributed by atoms with Crippen LogP contribution in [0.15, 0.2) is 64.3 Å². The van der Waals surface area contributed by atoms with Gasteiger partial charge in [0.2, 0.25) is 5.89 Å². The largest absolute Gasteiger partial charge is 0.399 e. The third-order valence-corrected chi connectivity index (χ3v) is 6.24. The van der Waals surface area contributed by atoms with Crippen LogP contribution in [0.2, 0.25) is 0 Å². The van der Waals surface area contributed by atoms with Gasteiger partial charge in [-0.3, -0.25) is 4.79 Å². The van der Waals surface area contributed by atoms with E-state index in [2.05, 4.69) is 32.7 Å². The molecule has 2 aliphatic heterocycles. The number of oxime groups is 1. The SMILES string of the molecule is CON=C1C[C@@H](c2noc(C3CCCCN3)n2)N(C(=O)c2ccc(-c3ccccc3)cc2)C1. The lowest BCUT2D eigenvalue weighted by Gasteiger charge is -2.22. The van der Waals surface area contributed by atoms with Crippen molar-refractivity contribution in [1.82, 2.24) is 20.4 Å². The number of hydrogen-bond donors (Lipinski definition) is 1. The number of carbonyl (C=O) groups is 1. The second-order valence-corrected chi connectivity index (χ2v) is 8.43. The molecule has 3 heterocycles. The summed E-state index contributed by atoms with van der Waals surface area (Å²) in [5.74, 6) is 0.998. The molecule has 8 nitrogen and oxygen atoms in total. The number of likely N-dealkylation sites (tertiary alicyclic amines) is 1. The fourth-order valence-electron chi connectivity index (χ4n) is 4.53. The summed E-state index contributed by atoms with van der Waals surface area (Å²) in [6, 6.07) is 17.5. The maximum absolute atomic E-state index is 13.5. The molecule has 1 amide bonds. The average Bonchev–Trinajstić information content (AvgIpc) is 3.53. The Kier molecular flexibility index (Phi) is 6.17. The number of benzene rings is 2. The lowest BCUT2D eigenvalue weighted by molar-refractivity contribution is 0.0732. The molecule has 2 aromatic carbocycles. The van der Waals surface area contributed by atoms with Gasteiger partial charge in [0.25, 0.3) is 5.91 Å². The van der Waals surface area contributed by atoms with Crippen molar-refractivity contribution in [3.8, 4) is 11.1 Å². The number of aromatic nitrogens is 2. The maximum Gasteiger partial charge on any atom is 0.254 e. The first-order valence-electron chi connectivity index (χ1n) is 11.3. The number of nitrogens with one attached hydrogen (secondary N) is 1. The minimum Gasteiger partial charge on any atom is -0.399 e. The quantitative estimate of drug-likeness (QED) is 0.594. The van der Waals surface area contributed by atoms with Crippen LogP contribution in [0.25, 0.3) is 11.1 Å². The molecule has 3 aromatic rings. The van der Waals surface area contributed by atoms with Crippen molar-refractivity contribution in [3.05, 3.63) is 71.9 Å². The number of amides is 1. The van der Waals surface area contributed by atoms with E-state index < -0.39 is 0 Å². The van der Waals surface area contributed by atoms with Crippen molar-refractivity contribution >= 4 is 11.6 Å². The maximum atomic E-state index is 13.5. The highest BCUT2D eigenvalue weighted by Gasteiger charge is 2.38. The van der Waals surface area contributed by atoms with E-state index in [1.54, 1.807) is 4.90 Å². The predicted octanol–water partition coefficient (Wildman–Crippen LogP) is 4.14. The fourth-order valence-corrected chi connectivity index (χ4v) is 4.53. The lowest BCUT2D eigenvalue weighted by atomic mass is 10.0. The average molecular weight is 446 g/mol. The Morgan fingerprint density at radius 3 is 2.64 bits per heavy atom. The molecule has 0 aliphatic carbocycles. The van der Waals surface area contributed by atoms with Crippen LogP contribution in [0.1, 0.15) is 59.8 Å². The monoisotopic (exact) mass is 445 g/mol. The van der Waals surface area contributed by atoms with Crippen LogP contribution in [0, 0.1) is 0 Å². The lowest BCUT2D eigenvalue weighted by Crippen LogP contribution is -2.32. The van der Waals surface area contributed by atoms with Gasteiger partial charge in [-0.25, -0.2) is 0 Å². The van der Waals surface area contributed by atoms with Gasteiger partial charge in [-0.05, 0) is 42.6 Å². The van der Waals surface area contributed by atoms with Crippen LogP contribution in [0.4, 0.5) is 0 Å². The molecule has 2 atom stereocenters. The van der Waals surface area contributed by atoms with Crippen molar-refractivity contribution in [1.29, 1.82) is 0 Å². The molecule has 0 saturated carbocycles. The molecule has 1 aromatic heterocycles. The van der Waals surface area contributed by atoms with Crippen LogP contribution < -0.4 is 5.32 Å². The van der Waals surface area contributed by atoms with Crippen molar-refractivity contribution in [2.75, 3.05) is 20.2 Å². The van der Waals surface area contributed by atoms with E-state index in [1.165, 1.54) is 7.11 Å². The van der Waals surface area contributed by atoms with Crippen LogP contribution in [0.3, 0.4) is 0 Å². The molecule has 170 valence electrons. The van der Waals surface area contributed by atoms with E-state index in [9.17, 15) is 4.79 Å². The van der Waals surface area contributed by atoms with Crippen LogP contribution in [0.5, 0.6) is 0 Å². The van der Waals surface area contributed by atoms with Gasteiger partial charge in [-0.15, -0.1) is 0 Å². The number of rotatable bonds is 5. The number of hydrogen-bond acceptors (Lipinski definition) is 7. The molecule has 1 N–H and O–H groups in total. The summed E-state index contributed by atoms with van der Waals surface area (Å²) in [4.78, 5) is 24.9. The third-order valence-electron chi connectivity index (χ3n) is 6.24. The Labute approximate surface area is 192 Å². The van der Waals surface area contributed by atoms with Gasteiger partial charge < -0.3 is 19.6 Å². The summed E-state index contributed by atoms with van der Waals surface area (Å²) in [5.41, 5.74) is 3.56. The Morgan fingerprint density at radius 2 is 1.91 bits per heavy atom. The number of carbonyl (C=O) groups excluding carboxylic acids is 1. The molecule has 0 spiro atoms. The summed E-state index contributed by atoms with van der Waals surface area (Å²) in [6.45, 7) is 1.31. The van der Waals surface area contributed by atoms with Crippen molar-refractivity contribution < 1.29 is 14.2 Å². The summed E-state index contributed by atoms with van der Waals surface area (Å²) < 4.78 is 5.58. The van der Waals surface area contributed by atoms with Crippen LogP contribution >= 0.6 is 0 Å². The van der Waals surface area contributed by atoms with Crippen LogP contribution in [-0.2, 0) is 4.84 Å². The summed E-state index contributed by atoms with van der Waals surface area (Å²) in [5, 5.41) is 11.8. The van der Waals surface area contributed by atoms with Crippen molar-refractivity contribution in [3.63, 3.8) is 0 Å². The second kappa shape index (κ2) is 9.54. The van der Waals surface area contributed by atoms with Gasteiger partial charge in [0.15, 0.2) is 5.82 Å². The number of nitrogens with zero attached hydrogens (tertiary/aromatic N) is 4. The molecule has 2 saturated heterocycles. The minimum absolute atomic E-state index is 0.0724. The second-order valence-electron chi connectivity index (χ2n) is 8.43. The van der Waals surface area contributed by atoms with Gasteiger partial charge in [0.05, 0.1) is 18.3 Å². The van der Waals surface area contributed by atoms with Gasteiger partial charge in [-0.1, -0.05) is 59.2 Å². The highest BCUT2D eigenvalue weighted by molar-refractivity contribution is 6.00. The van der Waals surface area contributed by atoms with E-state index in [0.717, 1.165) is 42.6 Å². The molecule has 1 unspecified atom stereocenters. The summed E-state index contributed by atoms with van der Waals surface area (Å²) >= 11 is 0. The zero-order chi connectivity index (χ0) is 22.6. The Bertz CT molecular complexity index is 1120. The highest BCUT2D eigenvalue weighted by atomic mass is 16.6. The molecule has 5 rings (SSSR count). The normalized spacial score (nSPS) is 22.0. The number of piperidine rings is 1. The summed E-state index contributed by atoms with van der Waals surface area (Å²) in [6.07, 6.45) is 3.77. The van der Waals surface area contributed by atoms with Gasteiger partial charge in [0, 0.05) is 12.0 Å². The molecule has 2 fully saturated rings. The van der Waals surface area contributed by atoms with Crippen LogP contribution in [-0.4, -0.2) is 46.9 Å². The van der Waals surface area contributed by atoms with Crippen molar-refractivity contribution in [2.45, 2.75) is 37.8 Å². The van der Waals surface area contributed by atoms with Gasteiger partial charge >= 0.3 is 0 Å². The van der Waals surface area contributed by atoms with E-state index in [4.69, 9.17) is 9.36 Å². The van der Waals surface area contributed by atoms with E-state index in [0.29, 0.717) is 30.2 Å². The molecular weight excluding hydrogens is 418 g/mol. The van der Waals surface area contributed by atoms with E-state index in [1.807, 2.05) is 42.5 Å². The topological polar surface area (TPSA) is 92.8 Å². The molecule has 2 aliphatic rings. The zero-order valence-corrected chi connectivity index (χ0v) is 18.6. The molecule has 8 heteroatoms. The highest BCUT2D eigenvalue weighted by Crippen LogP contribution is 2.32. The molecular formula is C25H27N5O3. The molecule has 0 bridgehead atoms. The Hall–Kier alpha value is -3.52. The molecule has 33 heavy (non-hydrogen) atoms. The smallest absolute Gasteiger partial charge is 0.254 e. The first kappa shape index (κ1) is 21.3. The standard InChI is InChI=1S/C25H27N5O3/c1-32-28-20-15-22(23-27-24(33-29-23)21-9-5-6-14-26-21)30(16-20)25(31)19-12-10-18(11-13-19)17-7-3-2-4-8-17/h2-4,7-8,10-13,21-22,26H,5-6,9,14-16H2,1H3/t21?,22-/m0/s1.